The van der Waals surface area contributed by atoms with Crippen LogP contribution in [0.15, 0.2) is 0 Å². The molecule has 22 heavy (non-hydrogen) atoms. The van der Waals surface area contributed by atoms with Crippen molar-refractivity contribution in [3.63, 3.8) is 0 Å². The number of alkyl halides is 1. The molecular formula is C13H22ClN2O5S+. The average molecular weight is 354 g/mol. The van der Waals surface area contributed by atoms with E-state index in [9.17, 15) is 18.0 Å². The van der Waals surface area contributed by atoms with Crippen LogP contribution in [0.25, 0.3) is 0 Å². The summed E-state index contributed by atoms with van der Waals surface area (Å²) in [5.41, 5.74) is 0. The van der Waals surface area contributed by atoms with Gasteiger partial charge in [-0.25, -0.2) is 8.42 Å². The van der Waals surface area contributed by atoms with Crippen molar-refractivity contribution in [2.24, 2.45) is 5.92 Å². The van der Waals surface area contributed by atoms with Gasteiger partial charge in [0.2, 0.25) is 0 Å². The zero-order valence-corrected chi connectivity index (χ0v) is 14.1. The van der Waals surface area contributed by atoms with Crippen LogP contribution < -0.4 is 10.2 Å². The lowest BCUT2D eigenvalue weighted by Gasteiger charge is -2.27. The van der Waals surface area contributed by atoms with Crippen molar-refractivity contribution in [3.8, 4) is 0 Å². The van der Waals surface area contributed by atoms with Gasteiger partial charge in [0.15, 0.2) is 16.4 Å². The molecule has 2 heterocycles. The molecule has 2 N–H and O–H groups in total. The molecule has 7 nitrogen and oxygen atoms in total. The Morgan fingerprint density at radius 1 is 1.27 bits per heavy atom. The number of nitrogens with one attached hydrogen (secondary N) is 2. The molecule has 0 aromatic heterocycles. The molecule has 0 unspecified atom stereocenters. The van der Waals surface area contributed by atoms with E-state index in [2.05, 4.69) is 5.32 Å². The van der Waals surface area contributed by atoms with Gasteiger partial charge in [-0.05, 0) is 0 Å². The summed E-state index contributed by atoms with van der Waals surface area (Å²) in [5, 5.41) is 2.15. The van der Waals surface area contributed by atoms with Crippen LogP contribution in [-0.2, 0) is 24.2 Å². The third-order valence-corrected chi connectivity index (χ3v) is 6.64. The van der Waals surface area contributed by atoms with Gasteiger partial charge in [-0.2, -0.15) is 0 Å². The lowest BCUT2D eigenvalue weighted by Crippen LogP contribution is -3.14. The third kappa shape index (κ3) is 4.57. The zero-order chi connectivity index (χ0) is 16.3. The number of methoxy groups -OCH3 is 1. The number of carbonyl (C=O) groups is 2. The fraction of sp³-hybridized carbons (Fsp3) is 0.846. The summed E-state index contributed by atoms with van der Waals surface area (Å²) in [7, 11) is -1.77. The first kappa shape index (κ1) is 17.5. The van der Waals surface area contributed by atoms with Crippen LogP contribution in [0, 0.1) is 5.92 Å². The van der Waals surface area contributed by atoms with E-state index in [0.717, 1.165) is 18.0 Å². The maximum Gasteiger partial charge on any atom is 0.309 e. The van der Waals surface area contributed by atoms with Crippen LogP contribution in [0.3, 0.4) is 0 Å². The number of likely N-dealkylation sites (tertiary alicyclic amines) is 1. The number of sulfone groups is 1. The van der Waals surface area contributed by atoms with Crippen LogP contribution in [0.4, 0.5) is 0 Å². The standard InChI is InChI=1S/C13H21ClN2O5S/c1-21-13(18)9-2-4-16(5-3-9)6-12(17)15-11-8-22(19,20)7-10(11)14/h9-11H,2-8H2,1H3,(H,15,17)/p+1/t10-,11-/m0/s1. The van der Waals surface area contributed by atoms with Crippen LogP contribution in [0.5, 0.6) is 0 Å². The Labute approximate surface area is 135 Å². The highest BCUT2D eigenvalue weighted by atomic mass is 35.5. The molecule has 2 fully saturated rings. The molecule has 2 aliphatic heterocycles. The lowest BCUT2D eigenvalue weighted by atomic mass is 9.97. The quantitative estimate of drug-likeness (QED) is 0.449. The maximum absolute atomic E-state index is 12.0. The van der Waals surface area contributed by atoms with Gasteiger partial charge in [-0.3, -0.25) is 9.59 Å². The first-order valence-corrected chi connectivity index (χ1v) is 9.62. The number of esters is 1. The van der Waals surface area contributed by atoms with Gasteiger partial charge in [0.25, 0.3) is 5.91 Å². The van der Waals surface area contributed by atoms with Gasteiger partial charge in [0, 0.05) is 12.8 Å². The van der Waals surface area contributed by atoms with Gasteiger partial charge >= 0.3 is 5.97 Å². The zero-order valence-electron chi connectivity index (χ0n) is 12.5. The molecule has 0 aromatic rings. The van der Waals surface area contributed by atoms with Gasteiger partial charge < -0.3 is 15.0 Å². The smallest absolute Gasteiger partial charge is 0.309 e. The minimum Gasteiger partial charge on any atom is -0.469 e. The number of hydrogen-bond donors (Lipinski definition) is 2. The summed E-state index contributed by atoms with van der Waals surface area (Å²) in [6.07, 6.45) is 1.40. The molecule has 1 amide bonds. The monoisotopic (exact) mass is 353 g/mol. The van der Waals surface area contributed by atoms with Crippen molar-refractivity contribution in [3.05, 3.63) is 0 Å². The predicted molar refractivity (Wildman–Crippen MR) is 80.5 cm³/mol. The van der Waals surface area contributed by atoms with Crippen molar-refractivity contribution in [2.75, 3.05) is 38.2 Å². The molecule has 9 heteroatoms. The summed E-state index contributed by atoms with van der Waals surface area (Å²) in [6, 6.07) is -0.508. The van der Waals surface area contributed by atoms with Gasteiger partial charge in [0.1, 0.15) is 0 Å². The van der Waals surface area contributed by atoms with Gasteiger partial charge in [-0.15, -0.1) is 11.6 Å². The first-order chi connectivity index (χ1) is 10.3. The third-order valence-electron chi connectivity index (χ3n) is 4.27. The van der Waals surface area contributed by atoms with E-state index in [4.69, 9.17) is 16.3 Å². The highest BCUT2D eigenvalue weighted by molar-refractivity contribution is 7.91. The number of carbonyl (C=O) groups excluding carboxylic acids is 2. The van der Waals surface area contributed by atoms with Gasteiger partial charge in [-0.1, -0.05) is 0 Å². The Kier molecular flexibility index (Phi) is 5.68. The van der Waals surface area contributed by atoms with E-state index >= 15 is 0 Å². The molecule has 2 saturated heterocycles. The van der Waals surface area contributed by atoms with Crippen LogP contribution >= 0.6 is 11.6 Å². The minimum atomic E-state index is -3.15. The summed E-state index contributed by atoms with van der Waals surface area (Å²) >= 11 is 5.97. The molecule has 126 valence electrons. The molecule has 2 atom stereocenters. The molecule has 0 saturated carbocycles. The lowest BCUT2D eigenvalue weighted by molar-refractivity contribution is -0.897. The van der Waals surface area contributed by atoms with Gasteiger partial charge in [0.05, 0.1) is 49.0 Å². The van der Waals surface area contributed by atoms with Crippen molar-refractivity contribution < 1.29 is 27.6 Å². The average Bonchev–Trinajstić information content (AvgIpc) is 2.71. The molecule has 0 aliphatic carbocycles. The number of halogens is 1. The second-order valence-corrected chi connectivity index (χ2v) is 8.71. The van der Waals surface area contributed by atoms with Crippen molar-refractivity contribution in [2.45, 2.75) is 24.3 Å². The molecule has 2 aliphatic rings. The second-order valence-electron chi connectivity index (χ2n) is 5.99. The van der Waals surface area contributed by atoms with Crippen LogP contribution in [0.2, 0.25) is 0 Å². The predicted octanol–water partition coefficient (Wildman–Crippen LogP) is -2.03. The number of piperidine rings is 1. The van der Waals surface area contributed by atoms with E-state index in [1.54, 1.807) is 0 Å². The summed E-state index contributed by atoms with van der Waals surface area (Å²) in [6.45, 7) is 1.72. The highest BCUT2D eigenvalue weighted by Gasteiger charge is 2.38. The normalized spacial score (nSPS) is 34.1. The molecular weight excluding hydrogens is 332 g/mol. The Hall–Kier alpha value is -0.860. The van der Waals surface area contributed by atoms with Crippen LogP contribution in [-0.4, -0.2) is 70.0 Å². The molecule has 2 rings (SSSR count). The highest BCUT2D eigenvalue weighted by Crippen LogP contribution is 2.17. The number of rotatable bonds is 4. The Balaban J connectivity index is 1.76. The fourth-order valence-electron chi connectivity index (χ4n) is 3.03. The Morgan fingerprint density at radius 3 is 2.41 bits per heavy atom. The minimum absolute atomic E-state index is 0.0796. The molecule has 0 bridgehead atoms. The van der Waals surface area contributed by atoms with E-state index in [0.29, 0.717) is 12.8 Å². The van der Waals surface area contributed by atoms with E-state index in [1.165, 1.54) is 7.11 Å². The fourth-order valence-corrected chi connectivity index (χ4v) is 5.58. The first-order valence-electron chi connectivity index (χ1n) is 7.36. The number of amides is 1. The maximum atomic E-state index is 12.0. The Bertz CT molecular complexity index is 531. The Morgan fingerprint density at radius 2 is 1.91 bits per heavy atom. The summed E-state index contributed by atoms with van der Waals surface area (Å²) in [5.74, 6) is -0.642. The second kappa shape index (κ2) is 7.14. The number of quaternary nitrogens is 1. The molecule has 0 spiro atoms. The van der Waals surface area contributed by atoms with Crippen LogP contribution in [0.1, 0.15) is 12.8 Å². The molecule has 0 radical (unpaired) electrons. The molecule has 0 aromatic carbocycles. The topological polar surface area (TPSA) is 94.0 Å². The van der Waals surface area contributed by atoms with E-state index < -0.39 is 21.3 Å². The largest absolute Gasteiger partial charge is 0.469 e. The van der Waals surface area contributed by atoms with E-state index in [-0.39, 0.29) is 35.8 Å². The van der Waals surface area contributed by atoms with Crippen molar-refractivity contribution in [1.82, 2.24) is 5.32 Å². The SMILES string of the molecule is COC(=O)C1CC[NH+](CC(=O)N[C@H]2CS(=O)(=O)C[C@@H]2Cl)CC1. The van der Waals surface area contributed by atoms with Crippen molar-refractivity contribution >= 4 is 33.3 Å². The summed E-state index contributed by atoms with van der Waals surface area (Å²) < 4.78 is 27.7. The number of hydrogen-bond acceptors (Lipinski definition) is 5. The van der Waals surface area contributed by atoms with Crippen molar-refractivity contribution in [1.29, 1.82) is 0 Å². The van der Waals surface area contributed by atoms with E-state index in [1.807, 2.05) is 0 Å². The summed E-state index contributed by atoms with van der Waals surface area (Å²) in [4.78, 5) is 24.5. The number of ether oxygens (including phenoxy) is 1.